The average molecular weight is 433 g/mol. The van der Waals surface area contributed by atoms with Crippen molar-refractivity contribution in [1.29, 1.82) is 0 Å². The Labute approximate surface area is 182 Å². The van der Waals surface area contributed by atoms with Gasteiger partial charge in [0.15, 0.2) is 5.78 Å². The molecule has 2 N–H and O–H groups in total. The Bertz CT molecular complexity index is 894. The average Bonchev–Trinajstić information content (AvgIpc) is 3.38. The number of epoxide rings is 1. The second kappa shape index (κ2) is 6.41. The summed E-state index contributed by atoms with van der Waals surface area (Å²) >= 11 is 0. The maximum absolute atomic E-state index is 13.0. The Kier molecular flexibility index (Phi) is 4.37. The molecule has 1 spiro atoms. The Hall–Kier alpha value is -1.73. The van der Waals surface area contributed by atoms with E-state index in [2.05, 4.69) is 13.8 Å². The molecule has 0 bridgehead atoms. The number of carboxylic acids is 1. The lowest BCUT2D eigenvalue weighted by molar-refractivity contribution is -0.163. The number of ketones is 1. The van der Waals surface area contributed by atoms with Crippen molar-refractivity contribution in [2.24, 2.45) is 28.6 Å². The fourth-order valence-electron chi connectivity index (χ4n) is 8.22. The molecule has 8 atom stereocenters. The highest BCUT2D eigenvalue weighted by atomic mass is 16.6. The first-order valence-corrected chi connectivity index (χ1v) is 11.5. The summed E-state index contributed by atoms with van der Waals surface area (Å²) in [6.07, 6.45) is 5.35. The number of methoxy groups -OCH3 is 1. The van der Waals surface area contributed by atoms with Crippen LogP contribution in [0.4, 0.5) is 0 Å². The van der Waals surface area contributed by atoms with Crippen LogP contribution in [-0.2, 0) is 23.9 Å². The van der Waals surface area contributed by atoms with Crippen LogP contribution >= 0.6 is 0 Å². The summed E-state index contributed by atoms with van der Waals surface area (Å²) in [5.41, 5.74) is -1.43. The number of ether oxygens (including phenoxy) is 2. The highest BCUT2D eigenvalue weighted by Gasteiger charge is 2.82. The van der Waals surface area contributed by atoms with Crippen molar-refractivity contribution in [3.8, 4) is 0 Å². The number of aliphatic carboxylic acids is 1. The van der Waals surface area contributed by atoms with E-state index in [1.807, 2.05) is 0 Å². The molecule has 170 valence electrons. The highest BCUT2D eigenvalue weighted by molar-refractivity contribution is 5.92. The number of carbonyl (C=O) groups is 3. The molecule has 31 heavy (non-hydrogen) atoms. The van der Waals surface area contributed by atoms with E-state index >= 15 is 0 Å². The third-order valence-electron chi connectivity index (χ3n) is 9.95. The Balaban J connectivity index is 1.59. The van der Waals surface area contributed by atoms with E-state index < -0.39 is 28.5 Å². The van der Waals surface area contributed by atoms with E-state index in [9.17, 15) is 24.6 Å². The van der Waals surface area contributed by atoms with Crippen molar-refractivity contribution >= 4 is 17.7 Å². The molecule has 0 aromatic heterocycles. The fourth-order valence-corrected chi connectivity index (χ4v) is 8.22. The van der Waals surface area contributed by atoms with Crippen molar-refractivity contribution in [1.82, 2.24) is 0 Å². The van der Waals surface area contributed by atoms with Crippen LogP contribution in [0.5, 0.6) is 0 Å². The summed E-state index contributed by atoms with van der Waals surface area (Å²) in [7, 11) is 1.40. The summed E-state index contributed by atoms with van der Waals surface area (Å²) in [6, 6.07) is 0. The number of fused-ring (bicyclic) bond motifs is 3. The maximum atomic E-state index is 13.0. The highest BCUT2D eigenvalue weighted by Crippen LogP contribution is 2.77. The standard InChI is InChI=1S/C24H32O7/c1-21-7-4-14(25)10-13(21)11-15(20(28)30-3)19-16-5-8-23(29,9-6-18(26)27)22(16,2)12-17-24(19,21)31-17/h10,15-17,19,29H,4-9,11-12H2,1-3H3,(H,26,27)/t15?,16-,17?,19-,21-,22-,23-,24+/m0/s1. The van der Waals surface area contributed by atoms with Crippen LogP contribution in [-0.4, -0.2) is 52.4 Å². The molecule has 0 aromatic carbocycles. The summed E-state index contributed by atoms with van der Waals surface area (Å²) in [4.78, 5) is 36.4. The van der Waals surface area contributed by atoms with Gasteiger partial charge in [0, 0.05) is 29.6 Å². The van der Waals surface area contributed by atoms with Gasteiger partial charge in [0.2, 0.25) is 0 Å². The second-order valence-corrected chi connectivity index (χ2v) is 10.9. The number of carbonyl (C=O) groups excluding carboxylic acids is 2. The Morgan fingerprint density at radius 3 is 2.71 bits per heavy atom. The van der Waals surface area contributed by atoms with Crippen LogP contribution in [0.15, 0.2) is 11.6 Å². The van der Waals surface area contributed by atoms with Crippen LogP contribution < -0.4 is 0 Å². The summed E-state index contributed by atoms with van der Waals surface area (Å²) < 4.78 is 11.7. The minimum absolute atomic E-state index is 0.0325. The molecule has 7 heteroatoms. The van der Waals surface area contributed by atoms with Gasteiger partial charge >= 0.3 is 11.9 Å². The number of hydrogen-bond acceptors (Lipinski definition) is 6. The Morgan fingerprint density at radius 1 is 1.29 bits per heavy atom. The van der Waals surface area contributed by atoms with Gasteiger partial charge in [-0.15, -0.1) is 0 Å². The largest absolute Gasteiger partial charge is 0.481 e. The van der Waals surface area contributed by atoms with E-state index in [0.717, 1.165) is 12.0 Å². The van der Waals surface area contributed by atoms with E-state index in [1.54, 1.807) is 6.08 Å². The van der Waals surface area contributed by atoms with E-state index in [4.69, 9.17) is 9.47 Å². The summed E-state index contributed by atoms with van der Waals surface area (Å²) in [6.45, 7) is 4.24. The van der Waals surface area contributed by atoms with Gasteiger partial charge in [-0.2, -0.15) is 0 Å². The van der Waals surface area contributed by atoms with Crippen molar-refractivity contribution in [2.45, 2.75) is 82.5 Å². The molecule has 2 unspecified atom stereocenters. The molecular weight excluding hydrogens is 400 g/mol. The zero-order valence-corrected chi connectivity index (χ0v) is 18.5. The SMILES string of the molecule is COC(=O)C1CC2=CC(=O)CC[C@]2(C)[C@@]23OC2C[C@@]2(C)[C@@H](CC[C@]2(O)CCC(=O)O)[C@H]13. The lowest BCUT2D eigenvalue weighted by Gasteiger charge is -2.58. The molecule has 1 aliphatic heterocycles. The van der Waals surface area contributed by atoms with Crippen LogP contribution in [0.3, 0.4) is 0 Å². The number of esters is 1. The zero-order valence-electron chi connectivity index (χ0n) is 18.5. The first kappa shape index (κ1) is 21.1. The molecule has 5 rings (SSSR count). The molecule has 7 nitrogen and oxygen atoms in total. The third-order valence-corrected chi connectivity index (χ3v) is 9.95. The quantitative estimate of drug-likeness (QED) is 0.519. The molecule has 5 aliphatic rings. The zero-order chi connectivity index (χ0) is 22.4. The van der Waals surface area contributed by atoms with E-state index in [1.165, 1.54) is 7.11 Å². The second-order valence-electron chi connectivity index (χ2n) is 10.9. The molecule has 3 saturated carbocycles. The molecule has 4 aliphatic carbocycles. The lowest BCUT2D eigenvalue weighted by Crippen LogP contribution is -2.63. The van der Waals surface area contributed by atoms with Crippen LogP contribution in [0.25, 0.3) is 0 Å². The first-order valence-electron chi connectivity index (χ1n) is 11.5. The van der Waals surface area contributed by atoms with Gasteiger partial charge in [-0.1, -0.05) is 19.4 Å². The van der Waals surface area contributed by atoms with Gasteiger partial charge in [-0.25, -0.2) is 0 Å². The normalized spacial score (nSPS) is 49.8. The number of hydrogen-bond donors (Lipinski definition) is 2. The molecule has 0 aromatic rings. The lowest BCUT2D eigenvalue weighted by atomic mass is 9.43. The van der Waals surface area contributed by atoms with Crippen molar-refractivity contribution in [2.75, 3.05) is 7.11 Å². The van der Waals surface area contributed by atoms with Crippen LogP contribution in [0, 0.1) is 28.6 Å². The maximum Gasteiger partial charge on any atom is 0.309 e. The van der Waals surface area contributed by atoms with E-state index in [0.29, 0.717) is 32.1 Å². The number of rotatable bonds is 4. The third kappa shape index (κ3) is 2.50. The van der Waals surface area contributed by atoms with Gasteiger partial charge in [0.25, 0.3) is 0 Å². The van der Waals surface area contributed by atoms with E-state index in [-0.39, 0.29) is 47.9 Å². The molecule has 1 saturated heterocycles. The molecule has 1 heterocycles. The topological polar surface area (TPSA) is 113 Å². The molecule has 4 fully saturated rings. The summed E-state index contributed by atoms with van der Waals surface area (Å²) in [5, 5.41) is 20.9. The molecule has 0 radical (unpaired) electrons. The van der Waals surface area contributed by atoms with Gasteiger partial charge in [-0.05, 0) is 50.5 Å². The molecular formula is C24H32O7. The van der Waals surface area contributed by atoms with Crippen molar-refractivity contribution in [3.05, 3.63) is 11.6 Å². The first-order chi connectivity index (χ1) is 14.5. The Morgan fingerprint density at radius 2 is 2.03 bits per heavy atom. The van der Waals surface area contributed by atoms with Gasteiger partial charge in [0.1, 0.15) is 5.60 Å². The fraction of sp³-hybridized carbons (Fsp3) is 0.792. The van der Waals surface area contributed by atoms with Gasteiger partial charge < -0.3 is 19.7 Å². The number of carboxylic acid groups (broad SMARTS) is 1. The predicted molar refractivity (Wildman–Crippen MR) is 109 cm³/mol. The summed E-state index contributed by atoms with van der Waals surface area (Å²) in [5.74, 6) is -1.60. The van der Waals surface area contributed by atoms with Crippen molar-refractivity contribution in [3.63, 3.8) is 0 Å². The monoisotopic (exact) mass is 432 g/mol. The van der Waals surface area contributed by atoms with Crippen molar-refractivity contribution < 1.29 is 34.1 Å². The molecule has 0 amide bonds. The minimum atomic E-state index is -1.09. The van der Waals surface area contributed by atoms with Gasteiger partial charge in [-0.3, -0.25) is 14.4 Å². The smallest absolute Gasteiger partial charge is 0.309 e. The number of aliphatic hydroxyl groups is 1. The van der Waals surface area contributed by atoms with Gasteiger partial charge in [0.05, 0.1) is 24.7 Å². The predicted octanol–water partition coefficient (Wildman–Crippen LogP) is 2.64. The van der Waals surface area contributed by atoms with Crippen LogP contribution in [0.1, 0.15) is 65.2 Å². The minimum Gasteiger partial charge on any atom is -0.481 e. The van der Waals surface area contributed by atoms with Crippen LogP contribution in [0.2, 0.25) is 0 Å².